The molecule has 118 valence electrons. The average Bonchev–Trinajstić information content (AvgIpc) is 2.59. The van der Waals surface area contributed by atoms with Crippen LogP contribution in [0.15, 0.2) is 30.3 Å². The predicted molar refractivity (Wildman–Crippen MR) is 85.9 cm³/mol. The number of hydrogen-bond donors (Lipinski definition) is 2. The van der Waals surface area contributed by atoms with E-state index in [0.29, 0.717) is 6.61 Å². The molecule has 0 radical (unpaired) electrons. The van der Waals surface area contributed by atoms with Gasteiger partial charge in [-0.2, -0.15) is 0 Å². The zero-order valence-corrected chi connectivity index (χ0v) is 12.6. The summed E-state index contributed by atoms with van der Waals surface area (Å²) in [5.41, 5.74) is 1.79. The van der Waals surface area contributed by atoms with E-state index in [1.165, 1.54) is 0 Å². The van der Waals surface area contributed by atoms with E-state index in [1.54, 1.807) is 0 Å². The summed E-state index contributed by atoms with van der Waals surface area (Å²) in [7, 11) is 0. The molecule has 1 fully saturated rings. The molecule has 1 atom stereocenters. The Kier molecular flexibility index (Phi) is 4.87. The van der Waals surface area contributed by atoms with Crippen LogP contribution in [0.2, 0.25) is 0 Å². The van der Waals surface area contributed by atoms with Gasteiger partial charge in [0.25, 0.3) is 0 Å². The lowest BCUT2D eigenvalue weighted by Crippen LogP contribution is -2.41. The Bertz CT molecular complexity index is 632. The number of anilines is 1. The van der Waals surface area contributed by atoms with Crippen LogP contribution >= 0.6 is 0 Å². The lowest BCUT2D eigenvalue weighted by atomic mass is 10.1. The summed E-state index contributed by atoms with van der Waals surface area (Å²) < 4.78 is 5.66. The van der Waals surface area contributed by atoms with E-state index in [-0.39, 0.29) is 19.3 Å². The van der Waals surface area contributed by atoms with Crippen molar-refractivity contribution in [2.24, 2.45) is 0 Å². The van der Waals surface area contributed by atoms with E-state index in [0.717, 1.165) is 48.2 Å². The van der Waals surface area contributed by atoms with Gasteiger partial charge < -0.3 is 19.8 Å². The van der Waals surface area contributed by atoms with Crippen molar-refractivity contribution in [1.82, 2.24) is 4.98 Å². The zero-order chi connectivity index (χ0) is 15.4. The summed E-state index contributed by atoms with van der Waals surface area (Å²) in [6.07, 6.45) is 2.13. The molecule has 0 bridgehead atoms. The highest BCUT2D eigenvalue weighted by Crippen LogP contribution is 2.27. The van der Waals surface area contributed by atoms with Gasteiger partial charge >= 0.3 is 0 Å². The maximum atomic E-state index is 9.68. The minimum absolute atomic E-state index is 0.0220. The summed E-state index contributed by atoms with van der Waals surface area (Å²) in [5.74, 6) is 0.846. The molecule has 1 saturated heterocycles. The molecule has 3 rings (SSSR count). The van der Waals surface area contributed by atoms with Gasteiger partial charge in [-0.3, -0.25) is 0 Å². The number of piperidine rings is 1. The molecule has 1 aromatic carbocycles. The minimum Gasteiger partial charge on any atom is -0.394 e. The Labute approximate surface area is 130 Å². The van der Waals surface area contributed by atoms with Crippen molar-refractivity contribution in [3.63, 3.8) is 0 Å². The molecule has 22 heavy (non-hydrogen) atoms. The molecule has 5 heteroatoms. The fourth-order valence-electron chi connectivity index (χ4n) is 3.03. The number of aromatic nitrogens is 1. The number of pyridine rings is 1. The first-order valence-electron chi connectivity index (χ1n) is 7.78. The van der Waals surface area contributed by atoms with Crippen molar-refractivity contribution in [1.29, 1.82) is 0 Å². The first-order chi connectivity index (χ1) is 10.8. The van der Waals surface area contributed by atoms with Crippen molar-refractivity contribution in [3.8, 4) is 0 Å². The van der Waals surface area contributed by atoms with Crippen LogP contribution in [-0.2, 0) is 11.3 Å². The summed E-state index contributed by atoms with van der Waals surface area (Å²) >= 11 is 0. The van der Waals surface area contributed by atoms with Crippen LogP contribution in [0, 0.1) is 0 Å². The summed E-state index contributed by atoms with van der Waals surface area (Å²) in [5, 5.41) is 19.6. The Hall–Kier alpha value is -1.69. The third-order valence-electron chi connectivity index (χ3n) is 4.07. The van der Waals surface area contributed by atoms with Crippen LogP contribution in [0.1, 0.15) is 18.4 Å². The molecule has 0 saturated carbocycles. The molecule has 0 spiro atoms. The maximum absolute atomic E-state index is 9.68. The van der Waals surface area contributed by atoms with Crippen LogP contribution in [-0.4, -0.2) is 47.6 Å². The lowest BCUT2D eigenvalue weighted by molar-refractivity contribution is 0.0213. The quantitative estimate of drug-likeness (QED) is 0.880. The summed E-state index contributed by atoms with van der Waals surface area (Å²) in [6.45, 7) is 2.06. The largest absolute Gasteiger partial charge is 0.394 e. The van der Waals surface area contributed by atoms with E-state index in [4.69, 9.17) is 14.8 Å². The molecule has 1 unspecified atom stereocenters. The van der Waals surface area contributed by atoms with Gasteiger partial charge in [0.1, 0.15) is 5.82 Å². The third-order valence-corrected chi connectivity index (χ3v) is 4.07. The zero-order valence-electron chi connectivity index (χ0n) is 12.6. The first-order valence-corrected chi connectivity index (χ1v) is 7.78. The first kappa shape index (κ1) is 15.2. The van der Waals surface area contributed by atoms with Crippen molar-refractivity contribution >= 4 is 16.7 Å². The van der Waals surface area contributed by atoms with Gasteiger partial charge in [0.15, 0.2) is 0 Å². The second kappa shape index (κ2) is 7.05. The SMILES string of the molecule is OCCOC1CCCN(c2nc3ccccc3cc2CO)C1. The summed E-state index contributed by atoms with van der Waals surface area (Å²) in [6, 6.07) is 9.96. The minimum atomic E-state index is -0.0220. The van der Waals surface area contributed by atoms with Crippen LogP contribution in [0.25, 0.3) is 10.9 Å². The molecule has 1 aliphatic rings. The van der Waals surface area contributed by atoms with Gasteiger partial charge in [-0.05, 0) is 25.0 Å². The van der Waals surface area contributed by atoms with Crippen LogP contribution < -0.4 is 4.90 Å². The van der Waals surface area contributed by atoms with Crippen molar-refractivity contribution in [2.75, 3.05) is 31.2 Å². The molecule has 2 heterocycles. The van der Waals surface area contributed by atoms with Crippen molar-refractivity contribution < 1.29 is 14.9 Å². The fourth-order valence-corrected chi connectivity index (χ4v) is 3.03. The number of aliphatic hydroxyl groups is 2. The second-order valence-electron chi connectivity index (χ2n) is 5.63. The van der Waals surface area contributed by atoms with Gasteiger partial charge in [0.2, 0.25) is 0 Å². The average molecular weight is 302 g/mol. The number of para-hydroxylation sites is 1. The van der Waals surface area contributed by atoms with E-state index in [9.17, 15) is 5.11 Å². The smallest absolute Gasteiger partial charge is 0.134 e. The number of benzene rings is 1. The molecule has 2 aromatic rings. The van der Waals surface area contributed by atoms with Gasteiger partial charge in [-0.1, -0.05) is 18.2 Å². The Morgan fingerprint density at radius 3 is 2.95 bits per heavy atom. The van der Waals surface area contributed by atoms with Gasteiger partial charge in [-0.15, -0.1) is 0 Å². The monoisotopic (exact) mass is 302 g/mol. The van der Waals surface area contributed by atoms with Gasteiger partial charge in [0.05, 0.1) is 31.4 Å². The van der Waals surface area contributed by atoms with Gasteiger partial charge in [-0.25, -0.2) is 4.98 Å². The van der Waals surface area contributed by atoms with Crippen LogP contribution in [0.3, 0.4) is 0 Å². The number of ether oxygens (including phenoxy) is 1. The molecule has 0 amide bonds. The fraction of sp³-hybridized carbons (Fsp3) is 0.471. The lowest BCUT2D eigenvalue weighted by Gasteiger charge is -2.34. The Morgan fingerprint density at radius 1 is 1.27 bits per heavy atom. The van der Waals surface area contributed by atoms with E-state index in [1.807, 2.05) is 30.3 Å². The molecule has 1 aromatic heterocycles. The van der Waals surface area contributed by atoms with Crippen LogP contribution in [0.4, 0.5) is 5.82 Å². The standard InChI is InChI=1S/C17H22N2O3/c20-8-9-22-15-5-3-7-19(11-15)17-14(12-21)10-13-4-1-2-6-16(13)18-17/h1-2,4,6,10,15,20-21H,3,5,7-9,11-12H2. The maximum Gasteiger partial charge on any atom is 0.134 e. The van der Waals surface area contributed by atoms with E-state index < -0.39 is 0 Å². The number of aliphatic hydroxyl groups excluding tert-OH is 2. The topological polar surface area (TPSA) is 65.8 Å². The van der Waals surface area contributed by atoms with Gasteiger partial charge in [0, 0.05) is 24.0 Å². The molecular weight excluding hydrogens is 280 g/mol. The highest BCUT2D eigenvalue weighted by atomic mass is 16.5. The Balaban J connectivity index is 1.87. The van der Waals surface area contributed by atoms with E-state index in [2.05, 4.69) is 4.90 Å². The summed E-state index contributed by atoms with van der Waals surface area (Å²) in [4.78, 5) is 6.93. The molecule has 0 aliphatic carbocycles. The Morgan fingerprint density at radius 2 is 2.14 bits per heavy atom. The molecule has 5 nitrogen and oxygen atoms in total. The number of rotatable bonds is 5. The molecule has 1 aliphatic heterocycles. The molecular formula is C17H22N2O3. The molecule has 2 N–H and O–H groups in total. The van der Waals surface area contributed by atoms with Crippen molar-refractivity contribution in [3.05, 3.63) is 35.9 Å². The normalized spacial score (nSPS) is 18.8. The third kappa shape index (κ3) is 3.21. The highest BCUT2D eigenvalue weighted by molar-refractivity contribution is 5.81. The number of hydrogen-bond acceptors (Lipinski definition) is 5. The second-order valence-corrected chi connectivity index (χ2v) is 5.63. The van der Waals surface area contributed by atoms with Crippen LogP contribution in [0.5, 0.6) is 0 Å². The number of fused-ring (bicyclic) bond motifs is 1. The van der Waals surface area contributed by atoms with Crippen molar-refractivity contribution in [2.45, 2.75) is 25.6 Å². The number of nitrogens with zero attached hydrogens (tertiary/aromatic N) is 2. The highest BCUT2D eigenvalue weighted by Gasteiger charge is 2.23. The predicted octanol–water partition coefficient (Wildman–Crippen LogP) is 1.70. The van der Waals surface area contributed by atoms with E-state index >= 15 is 0 Å².